The van der Waals surface area contributed by atoms with Gasteiger partial charge < -0.3 is 4.90 Å². The van der Waals surface area contributed by atoms with E-state index in [0.29, 0.717) is 5.70 Å². The van der Waals surface area contributed by atoms with Crippen LogP contribution in [0.15, 0.2) is 22.8 Å². The average Bonchev–Trinajstić information content (AvgIpc) is 2.16. The summed E-state index contributed by atoms with van der Waals surface area (Å²) < 4.78 is 13.1. The summed E-state index contributed by atoms with van der Waals surface area (Å²) >= 11 is 3.16. The summed E-state index contributed by atoms with van der Waals surface area (Å²) in [4.78, 5) is 3.21. The average molecular weight is 274 g/mol. The van der Waals surface area contributed by atoms with Crippen molar-refractivity contribution in [1.29, 1.82) is 0 Å². The summed E-state index contributed by atoms with van der Waals surface area (Å²) in [7, 11) is 1.69. The Morgan fingerprint density at radius 3 is 2.40 bits per heavy atom. The Balaban J connectivity index is 4.84. The molecule has 0 bridgehead atoms. The van der Waals surface area contributed by atoms with E-state index in [9.17, 15) is 4.39 Å². The molecule has 0 rings (SSSR count). The van der Waals surface area contributed by atoms with Crippen LogP contribution in [0.2, 0.25) is 0 Å². The highest BCUT2D eigenvalue weighted by Gasteiger charge is 2.07. The Morgan fingerprint density at radius 1 is 1.40 bits per heavy atom. The van der Waals surface area contributed by atoms with Crippen LogP contribution in [0.1, 0.15) is 20.8 Å². The van der Waals surface area contributed by atoms with Gasteiger partial charge in [0.2, 0.25) is 0 Å². The Hall–Kier alpha value is -0.750. The van der Waals surface area contributed by atoms with Crippen molar-refractivity contribution in [2.24, 2.45) is 5.92 Å². The Kier molecular flexibility index (Phi) is 7.15. The van der Waals surface area contributed by atoms with Crippen molar-refractivity contribution in [3.05, 3.63) is 22.8 Å². The van der Waals surface area contributed by atoms with Crippen LogP contribution in [0.4, 0.5) is 4.39 Å². The van der Waals surface area contributed by atoms with Crippen LogP contribution in [0.3, 0.4) is 0 Å². The third-order valence-corrected chi connectivity index (χ3v) is 2.03. The number of nitrogens with zero attached hydrogens (tertiary/aromatic N) is 1. The van der Waals surface area contributed by atoms with Crippen molar-refractivity contribution in [2.45, 2.75) is 27.1 Å². The summed E-state index contributed by atoms with van der Waals surface area (Å²) in [5, 5.41) is 0. The van der Waals surface area contributed by atoms with Crippen molar-refractivity contribution in [3.63, 3.8) is 0 Å². The number of hydrogen-bond acceptors (Lipinski definition) is 1. The largest absolute Gasteiger partial charge is 0.338 e. The smallest absolute Gasteiger partial charge is 0.169 e. The van der Waals surface area contributed by atoms with Crippen LogP contribution in [0.25, 0.3) is 0 Å². The van der Waals surface area contributed by atoms with Crippen LogP contribution < -0.4 is 0 Å². The molecule has 0 saturated heterocycles. The molecule has 0 aromatic heterocycles. The number of halogens is 2. The fourth-order valence-corrected chi connectivity index (χ4v) is 0.937. The first kappa shape index (κ1) is 14.2. The number of allylic oxidation sites excluding steroid dienone is 3. The van der Waals surface area contributed by atoms with E-state index in [4.69, 9.17) is 0 Å². The fraction of sp³-hybridized carbons (Fsp3) is 0.500. The van der Waals surface area contributed by atoms with E-state index < -0.39 is 6.30 Å². The number of alkyl halides is 1. The highest BCUT2D eigenvalue weighted by atomic mass is 79.9. The first-order chi connectivity index (χ1) is 6.99. The van der Waals surface area contributed by atoms with Crippen molar-refractivity contribution in [1.82, 2.24) is 4.90 Å². The summed E-state index contributed by atoms with van der Waals surface area (Å²) in [6.45, 7) is 5.50. The van der Waals surface area contributed by atoms with Crippen LogP contribution in [-0.4, -0.2) is 18.2 Å². The topological polar surface area (TPSA) is 3.24 Å². The summed E-state index contributed by atoms with van der Waals surface area (Å²) in [5.74, 6) is 6.26. The van der Waals surface area contributed by atoms with Gasteiger partial charge in [-0.05, 0) is 23.9 Å². The second kappa shape index (κ2) is 7.53. The lowest BCUT2D eigenvalue weighted by Gasteiger charge is -2.19. The van der Waals surface area contributed by atoms with Gasteiger partial charge in [-0.25, -0.2) is 4.39 Å². The number of hydrogen-bond donors (Lipinski definition) is 0. The van der Waals surface area contributed by atoms with Crippen LogP contribution >= 0.6 is 15.9 Å². The molecule has 0 radical (unpaired) electrons. The zero-order valence-electron chi connectivity index (χ0n) is 9.59. The zero-order valence-corrected chi connectivity index (χ0v) is 11.2. The van der Waals surface area contributed by atoms with Crippen molar-refractivity contribution in [2.75, 3.05) is 7.05 Å². The molecule has 0 aliphatic rings. The van der Waals surface area contributed by atoms with E-state index >= 15 is 0 Å². The predicted molar refractivity (Wildman–Crippen MR) is 67.1 cm³/mol. The molecule has 84 valence electrons. The molecule has 1 atom stereocenters. The second-order valence-corrected chi connectivity index (χ2v) is 4.01. The minimum Gasteiger partial charge on any atom is -0.338 e. The van der Waals surface area contributed by atoms with E-state index in [1.807, 2.05) is 13.8 Å². The zero-order chi connectivity index (χ0) is 11.8. The second-order valence-electron chi connectivity index (χ2n) is 3.48. The minimum absolute atomic E-state index is 0.282. The van der Waals surface area contributed by atoms with Gasteiger partial charge in [-0.15, -0.1) is 0 Å². The molecule has 0 aromatic carbocycles. The molecule has 15 heavy (non-hydrogen) atoms. The molecule has 0 spiro atoms. The monoisotopic (exact) mass is 273 g/mol. The molecular formula is C12H17BrFN. The highest BCUT2D eigenvalue weighted by Crippen LogP contribution is 2.07. The molecule has 0 amide bonds. The maximum atomic E-state index is 13.1. The Bertz CT molecular complexity index is 294. The minimum atomic E-state index is -1.04. The SMILES string of the molecule is CC(C)C#C/C(=C/C=C/Br)N(C)C(C)F. The summed E-state index contributed by atoms with van der Waals surface area (Å²) in [6, 6.07) is 0. The predicted octanol–water partition coefficient (Wildman–Crippen LogP) is 3.69. The molecule has 0 aliphatic carbocycles. The van der Waals surface area contributed by atoms with E-state index in [0.717, 1.165) is 0 Å². The van der Waals surface area contributed by atoms with Gasteiger partial charge in [-0.1, -0.05) is 41.8 Å². The maximum absolute atomic E-state index is 13.1. The lowest BCUT2D eigenvalue weighted by atomic mass is 10.2. The van der Waals surface area contributed by atoms with Crippen LogP contribution in [0, 0.1) is 17.8 Å². The molecule has 3 heteroatoms. The van der Waals surface area contributed by atoms with Gasteiger partial charge in [-0.3, -0.25) is 0 Å². The fourth-order valence-electron chi connectivity index (χ4n) is 0.785. The van der Waals surface area contributed by atoms with E-state index in [-0.39, 0.29) is 5.92 Å². The van der Waals surface area contributed by atoms with Gasteiger partial charge in [0.05, 0.1) is 5.70 Å². The molecule has 0 aliphatic heterocycles. The van der Waals surface area contributed by atoms with Gasteiger partial charge in [0.25, 0.3) is 0 Å². The van der Waals surface area contributed by atoms with E-state index in [1.54, 1.807) is 24.2 Å². The molecule has 1 nitrogen and oxygen atoms in total. The number of rotatable bonds is 3. The molecule has 0 fully saturated rings. The first-order valence-electron chi connectivity index (χ1n) is 4.84. The standard InChI is InChI=1S/C12H17BrFN/c1-10(2)7-8-12(6-5-9-13)15(4)11(3)14/h5-6,9-11H,1-4H3/b9-5+,12-6-. The summed E-state index contributed by atoms with van der Waals surface area (Å²) in [6.07, 6.45) is 2.52. The molecule has 0 heterocycles. The van der Waals surface area contributed by atoms with Gasteiger partial charge in [0, 0.05) is 13.0 Å². The molecule has 1 unspecified atom stereocenters. The van der Waals surface area contributed by atoms with E-state index in [1.165, 1.54) is 11.8 Å². The van der Waals surface area contributed by atoms with Gasteiger partial charge in [0.1, 0.15) is 0 Å². The molecule has 0 N–H and O–H groups in total. The van der Waals surface area contributed by atoms with Crippen molar-refractivity contribution < 1.29 is 4.39 Å². The van der Waals surface area contributed by atoms with Crippen LogP contribution in [-0.2, 0) is 0 Å². The third-order valence-electron chi connectivity index (χ3n) is 1.73. The Morgan fingerprint density at radius 2 is 2.00 bits per heavy atom. The normalized spacial score (nSPS) is 13.9. The third kappa shape index (κ3) is 6.35. The Labute approximate surface area is 100 Å². The van der Waals surface area contributed by atoms with Gasteiger partial charge in [0.15, 0.2) is 6.30 Å². The summed E-state index contributed by atoms with van der Waals surface area (Å²) in [5.41, 5.74) is 0.675. The van der Waals surface area contributed by atoms with Gasteiger partial charge >= 0.3 is 0 Å². The van der Waals surface area contributed by atoms with Crippen molar-refractivity contribution >= 4 is 15.9 Å². The van der Waals surface area contributed by atoms with E-state index in [2.05, 4.69) is 27.8 Å². The highest BCUT2D eigenvalue weighted by molar-refractivity contribution is 9.11. The van der Waals surface area contributed by atoms with Gasteiger partial charge in [-0.2, -0.15) is 0 Å². The quantitative estimate of drug-likeness (QED) is 0.431. The molecule has 0 aromatic rings. The van der Waals surface area contributed by atoms with Crippen LogP contribution in [0.5, 0.6) is 0 Å². The van der Waals surface area contributed by atoms with Crippen molar-refractivity contribution in [3.8, 4) is 11.8 Å². The maximum Gasteiger partial charge on any atom is 0.169 e. The molecule has 0 saturated carbocycles. The molecular weight excluding hydrogens is 257 g/mol. The first-order valence-corrected chi connectivity index (χ1v) is 5.76. The lowest BCUT2D eigenvalue weighted by Crippen LogP contribution is -2.23. The lowest BCUT2D eigenvalue weighted by molar-refractivity contribution is 0.171.